The molecule has 0 aliphatic heterocycles. The van der Waals surface area contributed by atoms with Gasteiger partial charge in [0.2, 0.25) is 9.04 Å². The average Bonchev–Trinajstić information content (AvgIpc) is 3.15. The first kappa shape index (κ1) is 23.3. The van der Waals surface area contributed by atoms with Crippen LogP contribution in [0.4, 0.5) is 5.69 Å². The summed E-state index contributed by atoms with van der Waals surface area (Å²) < 4.78 is 39.8. The van der Waals surface area contributed by atoms with E-state index in [4.69, 9.17) is 4.53 Å². The molecule has 2 fully saturated rings. The van der Waals surface area contributed by atoms with E-state index in [0.29, 0.717) is 17.0 Å². The van der Waals surface area contributed by atoms with Crippen LogP contribution in [0.15, 0.2) is 18.2 Å². The molecule has 0 spiro atoms. The maximum absolute atomic E-state index is 11.9. The second-order valence-corrected chi connectivity index (χ2v) is 13.9. The van der Waals surface area contributed by atoms with Gasteiger partial charge < -0.3 is 4.53 Å². The lowest BCUT2D eigenvalue weighted by atomic mass is 9.54. The van der Waals surface area contributed by atoms with Crippen LogP contribution in [0.3, 0.4) is 0 Å². The summed E-state index contributed by atoms with van der Waals surface area (Å²) in [7, 11) is -6.15. The van der Waals surface area contributed by atoms with E-state index in [0.717, 1.165) is 22.7 Å². The number of rotatable bonds is 8. The Bertz CT molecular complexity index is 890. The molecule has 7 heteroatoms. The number of anilines is 1. The van der Waals surface area contributed by atoms with Crippen LogP contribution in [0.5, 0.6) is 0 Å². The molecule has 0 radical (unpaired) electrons. The van der Waals surface area contributed by atoms with Gasteiger partial charge in [0.1, 0.15) is 0 Å². The number of hydrogen-bond acceptors (Lipinski definition) is 3. The largest absolute Gasteiger partial charge is 0.381 e. The summed E-state index contributed by atoms with van der Waals surface area (Å²) in [5, 5.41) is 0. The van der Waals surface area contributed by atoms with Gasteiger partial charge in [0.15, 0.2) is 0 Å². The Balaban J connectivity index is 1.58. The maximum atomic E-state index is 11.9. The van der Waals surface area contributed by atoms with E-state index in [9.17, 15) is 13.0 Å². The molecule has 31 heavy (non-hydrogen) atoms. The SMILES string of the molecule is CCCCC[C@@]12CCC[C@H]1[C@@H]1CCc3cc(N(O[SiH](C)C)S(=O)(=O)O)ccc3[C@H]1CC2. The molecule has 0 heterocycles. The van der Waals surface area contributed by atoms with E-state index in [2.05, 4.69) is 13.0 Å². The molecule has 0 aromatic heterocycles. The van der Waals surface area contributed by atoms with Gasteiger partial charge in [0.25, 0.3) is 0 Å². The predicted molar refractivity (Wildman–Crippen MR) is 128 cm³/mol. The van der Waals surface area contributed by atoms with Gasteiger partial charge in [0, 0.05) is 0 Å². The van der Waals surface area contributed by atoms with E-state index < -0.39 is 19.3 Å². The first-order valence-electron chi connectivity index (χ1n) is 12.3. The van der Waals surface area contributed by atoms with Gasteiger partial charge in [-0.05, 0) is 104 Å². The summed E-state index contributed by atoms with van der Waals surface area (Å²) in [6, 6.07) is 5.88. The van der Waals surface area contributed by atoms with Crippen molar-refractivity contribution in [2.75, 3.05) is 4.47 Å². The van der Waals surface area contributed by atoms with Crippen LogP contribution in [-0.4, -0.2) is 22.0 Å². The van der Waals surface area contributed by atoms with Crippen molar-refractivity contribution in [3.8, 4) is 0 Å². The second-order valence-electron chi connectivity index (χ2n) is 10.4. The molecule has 2 saturated carbocycles. The zero-order chi connectivity index (χ0) is 22.2. The standard InChI is InChI=1S/C24H39NO4SSi/c1-4-5-6-14-24-15-7-8-23(24)22-11-9-18-17-19(10-12-20(18)21(22)13-16-24)25(29-31(2)3)30(26,27)28/h10,12,17,21-23,31H,4-9,11,13-16H2,1-3H3,(H,26,27,28)/t21-,22-,23+,24+/m1/s1. The molecular formula is C24H39NO4SSi. The van der Waals surface area contributed by atoms with E-state index in [1.54, 1.807) is 0 Å². The molecule has 0 amide bonds. The molecule has 0 saturated heterocycles. The Kier molecular flexibility index (Phi) is 6.88. The molecule has 1 aromatic rings. The van der Waals surface area contributed by atoms with Gasteiger partial charge in [-0.2, -0.15) is 8.42 Å². The normalized spacial score (nSPS) is 30.0. The van der Waals surface area contributed by atoms with E-state index in [1.807, 2.05) is 25.2 Å². The minimum atomic E-state index is -4.45. The van der Waals surface area contributed by atoms with Crippen LogP contribution in [0.25, 0.3) is 0 Å². The Morgan fingerprint density at radius 1 is 1.19 bits per heavy atom. The summed E-state index contributed by atoms with van der Waals surface area (Å²) in [5.41, 5.74) is 3.65. The van der Waals surface area contributed by atoms with Crippen molar-refractivity contribution in [1.29, 1.82) is 0 Å². The highest BCUT2D eigenvalue weighted by Gasteiger charge is 2.52. The number of fused-ring (bicyclic) bond motifs is 5. The molecule has 5 nitrogen and oxygen atoms in total. The fraction of sp³-hybridized carbons (Fsp3) is 0.750. The zero-order valence-electron chi connectivity index (χ0n) is 19.3. The van der Waals surface area contributed by atoms with Crippen molar-refractivity contribution >= 4 is 25.0 Å². The molecule has 1 N–H and O–H groups in total. The molecule has 4 rings (SSSR count). The first-order chi connectivity index (χ1) is 14.7. The van der Waals surface area contributed by atoms with Crippen molar-refractivity contribution < 1.29 is 17.5 Å². The highest BCUT2D eigenvalue weighted by molar-refractivity contribution is 7.87. The minimum absolute atomic E-state index is 0.423. The molecular weight excluding hydrogens is 426 g/mol. The quantitative estimate of drug-likeness (QED) is 0.221. The molecule has 3 aliphatic carbocycles. The van der Waals surface area contributed by atoms with Crippen molar-refractivity contribution in [3.05, 3.63) is 29.3 Å². The lowest BCUT2D eigenvalue weighted by Crippen LogP contribution is -2.41. The average molecular weight is 466 g/mol. The third-order valence-corrected chi connectivity index (χ3v) is 9.74. The zero-order valence-corrected chi connectivity index (χ0v) is 21.3. The monoisotopic (exact) mass is 465 g/mol. The fourth-order valence-corrected chi connectivity index (χ4v) is 8.91. The van der Waals surface area contributed by atoms with Gasteiger partial charge in [0.05, 0.1) is 5.69 Å². The third-order valence-electron chi connectivity index (χ3n) is 8.24. The van der Waals surface area contributed by atoms with Gasteiger partial charge in [-0.3, -0.25) is 4.55 Å². The van der Waals surface area contributed by atoms with Gasteiger partial charge in [-0.15, -0.1) is 4.47 Å². The highest BCUT2D eigenvalue weighted by Crippen LogP contribution is 2.62. The number of nitrogens with zero attached hydrogens (tertiary/aromatic N) is 1. The van der Waals surface area contributed by atoms with Crippen LogP contribution in [0, 0.1) is 17.3 Å². The van der Waals surface area contributed by atoms with Crippen LogP contribution in [-0.2, 0) is 21.3 Å². The van der Waals surface area contributed by atoms with Gasteiger partial charge in [-0.25, -0.2) is 0 Å². The molecule has 3 aliphatic rings. The van der Waals surface area contributed by atoms with Crippen molar-refractivity contribution in [1.82, 2.24) is 0 Å². The Labute approximate surface area is 190 Å². The molecule has 174 valence electrons. The van der Waals surface area contributed by atoms with Crippen LogP contribution < -0.4 is 4.47 Å². The highest BCUT2D eigenvalue weighted by atomic mass is 32.2. The summed E-state index contributed by atoms with van der Waals surface area (Å²) in [4.78, 5) is 0. The molecule has 0 unspecified atom stereocenters. The maximum Gasteiger partial charge on any atom is 0.381 e. The summed E-state index contributed by atoms with van der Waals surface area (Å²) in [6.45, 7) is 6.07. The molecule has 4 atom stereocenters. The van der Waals surface area contributed by atoms with Gasteiger partial charge >= 0.3 is 10.3 Å². The predicted octanol–water partition coefficient (Wildman–Crippen LogP) is 6.02. The Hall–Kier alpha value is -0.893. The van der Waals surface area contributed by atoms with Crippen molar-refractivity contribution in [3.63, 3.8) is 0 Å². The van der Waals surface area contributed by atoms with Crippen molar-refractivity contribution in [2.24, 2.45) is 17.3 Å². The van der Waals surface area contributed by atoms with E-state index in [-0.39, 0.29) is 0 Å². The summed E-state index contributed by atoms with van der Waals surface area (Å²) in [6.07, 6.45) is 14.5. The lowest BCUT2D eigenvalue weighted by molar-refractivity contribution is 0.0347. The fourth-order valence-electron chi connectivity index (χ4n) is 7.08. The number of hydrogen-bond donors (Lipinski definition) is 1. The van der Waals surface area contributed by atoms with Crippen molar-refractivity contribution in [2.45, 2.75) is 96.6 Å². The summed E-state index contributed by atoms with van der Waals surface area (Å²) in [5.74, 6) is 2.23. The number of unbranched alkanes of at least 4 members (excludes halogenated alkanes) is 2. The Morgan fingerprint density at radius 2 is 2.00 bits per heavy atom. The van der Waals surface area contributed by atoms with Crippen LogP contribution in [0.2, 0.25) is 13.1 Å². The second kappa shape index (κ2) is 9.16. The minimum Gasteiger partial charge on any atom is -0.309 e. The number of benzene rings is 1. The number of aryl methyl sites for hydroxylation is 1. The topological polar surface area (TPSA) is 66.8 Å². The smallest absolute Gasteiger partial charge is 0.309 e. The van der Waals surface area contributed by atoms with Crippen LogP contribution in [0.1, 0.15) is 88.2 Å². The summed E-state index contributed by atoms with van der Waals surface area (Å²) >= 11 is 0. The molecule has 1 aromatic carbocycles. The van der Waals surface area contributed by atoms with Crippen LogP contribution >= 0.6 is 0 Å². The van der Waals surface area contributed by atoms with E-state index in [1.165, 1.54) is 75.3 Å². The van der Waals surface area contributed by atoms with Gasteiger partial charge in [-0.1, -0.05) is 38.7 Å². The Morgan fingerprint density at radius 3 is 2.71 bits per heavy atom. The third kappa shape index (κ3) is 4.61. The molecule has 0 bridgehead atoms. The van der Waals surface area contributed by atoms with E-state index >= 15 is 0 Å². The lowest BCUT2D eigenvalue weighted by Gasteiger charge is -2.51. The first-order valence-corrected chi connectivity index (χ1v) is 16.5.